The van der Waals surface area contributed by atoms with Crippen LogP contribution in [-0.4, -0.2) is 34.9 Å². The summed E-state index contributed by atoms with van der Waals surface area (Å²) in [6.07, 6.45) is 1.34. The van der Waals surface area contributed by atoms with Crippen molar-refractivity contribution in [2.75, 3.05) is 13.2 Å². The first-order valence-electron chi connectivity index (χ1n) is 7.25. The first kappa shape index (κ1) is 14.9. The van der Waals surface area contributed by atoms with Crippen molar-refractivity contribution in [1.82, 2.24) is 15.1 Å². The second-order valence-corrected chi connectivity index (χ2v) is 6.00. The maximum Gasteiger partial charge on any atom is 0.266 e. The van der Waals surface area contributed by atoms with E-state index in [1.54, 1.807) is 17.4 Å². The van der Waals surface area contributed by atoms with Crippen molar-refractivity contribution in [3.63, 3.8) is 0 Å². The topological polar surface area (TPSA) is 73.2 Å². The highest BCUT2D eigenvalue weighted by Crippen LogP contribution is 2.20. The van der Waals surface area contributed by atoms with Crippen LogP contribution in [0.3, 0.4) is 0 Å². The molecule has 1 fully saturated rings. The Hall–Kier alpha value is -1.99. The van der Waals surface area contributed by atoms with Gasteiger partial charge in [-0.05, 0) is 30.4 Å². The summed E-state index contributed by atoms with van der Waals surface area (Å²) in [5, 5.41) is 9.10. The van der Waals surface area contributed by atoms with Gasteiger partial charge in [-0.2, -0.15) is 5.10 Å². The van der Waals surface area contributed by atoms with Gasteiger partial charge in [-0.3, -0.25) is 9.59 Å². The van der Waals surface area contributed by atoms with E-state index >= 15 is 0 Å². The zero-order valence-electron chi connectivity index (χ0n) is 12.0. The third-order valence-corrected chi connectivity index (χ3v) is 4.38. The van der Waals surface area contributed by atoms with Crippen LogP contribution in [-0.2, 0) is 16.1 Å². The minimum absolute atomic E-state index is 0.111. The van der Waals surface area contributed by atoms with Gasteiger partial charge in [0, 0.05) is 19.2 Å². The van der Waals surface area contributed by atoms with Gasteiger partial charge in [0.2, 0.25) is 5.91 Å². The lowest BCUT2D eigenvalue weighted by Crippen LogP contribution is -2.37. The lowest BCUT2D eigenvalue weighted by atomic mass is 10.2. The van der Waals surface area contributed by atoms with E-state index in [1.165, 1.54) is 10.7 Å². The Kier molecular flexibility index (Phi) is 4.65. The Morgan fingerprint density at radius 1 is 1.45 bits per heavy atom. The summed E-state index contributed by atoms with van der Waals surface area (Å²) in [5.41, 5.74) is 0.590. The van der Waals surface area contributed by atoms with E-state index in [2.05, 4.69) is 10.4 Å². The number of amides is 1. The second-order valence-electron chi connectivity index (χ2n) is 5.05. The average Bonchev–Trinajstić information content (AvgIpc) is 3.22. The SMILES string of the molecule is O=C(NCCn1nc(-c2cccs2)ccc1=O)C1CCCO1. The van der Waals surface area contributed by atoms with Crippen LogP contribution in [0.2, 0.25) is 0 Å². The highest BCUT2D eigenvalue weighted by Gasteiger charge is 2.22. The Balaban J connectivity index is 1.61. The zero-order chi connectivity index (χ0) is 15.4. The number of ether oxygens (including phenoxy) is 1. The van der Waals surface area contributed by atoms with Gasteiger partial charge in [0.15, 0.2) is 0 Å². The second kappa shape index (κ2) is 6.85. The van der Waals surface area contributed by atoms with Crippen LogP contribution >= 0.6 is 11.3 Å². The number of hydrogen-bond acceptors (Lipinski definition) is 5. The van der Waals surface area contributed by atoms with E-state index in [4.69, 9.17) is 4.74 Å². The Bertz CT molecular complexity index is 690. The first-order chi connectivity index (χ1) is 10.7. The molecule has 1 amide bonds. The lowest BCUT2D eigenvalue weighted by molar-refractivity contribution is -0.130. The van der Waals surface area contributed by atoms with Crippen LogP contribution in [0.5, 0.6) is 0 Å². The van der Waals surface area contributed by atoms with Crippen molar-refractivity contribution >= 4 is 17.2 Å². The van der Waals surface area contributed by atoms with Crippen LogP contribution < -0.4 is 10.9 Å². The number of rotatable bonds is 5. The van der Waals surface area contributed by atoms with Gasteiger partial charge in [-0.25, -0.2) is 4.68 Å². The largest absolute Gasteiger partial charge is 0.368 e. The molecule has 6 nitrogen and oxygen atoms in total. The molecule has 0 saturated carbocycles. The minimum Gasteiger partial charge on any atom is -0.368 e. The van der Waals surface area contributed by atoms with Gasteiger partial charge < -0.3 is 10.1 Å². The number of nitrogens with one attached hydrogen (secondary N) is 1. The fourth-order valence-electron chi connectivity index (χ4n) is 2.35. The van der Waals surface area contributed by atoms with Gasteiger partial charge in [0.1, 0.15) is 11.8 Å². The smallest absolute Gasteiger partial charge is 0.266 e. The van der Waals surface area contributed by atoms with Gasteiger partial charge in [-0.15, -0.1) is 11.3 Å². The summed E-state index contributed by atoms with van der Waals surface area (Å²) in [7, 11) is 0. The quantitative estimate of drug-likeness (QED) is 0.901. The number of carbonyl (C=O) groups excluding carboxylic acids is 1. The molecule has 1 unspecified atom stereocenters. The van der Waals surface area contributed by atoms with Crippen molar-refractivity contribution in [1.29, 1.82) is 0 Å². The third kappa shape index (κ3) is 3.42. The first-order valence-corrected chi connectivity index (χ1v) is 8.13. The molecule has 2 aromatic rings. The predicted molar refractivity (Wildman–Crippen MR) is 83.8 cm³/mol. The molecule has 1 N–H and O–H groups in total. The van der Waals surface area contributed by atoms with Gasteiger partial charge in [-0.1, -0.05) is 6.07 Å². The van der Waals surface area contributed by atoms with Crippen LogP contribution in [0.4, 0.5) is 0 Å². The molecule has 22 heavy (non-hydrogen) atoms. The van der Waals surface area contributed by atoms with Crippen LogP contribution in [0.1, 0.15) is 12.8 Å². The molecule has 116 valence electrons. The third-order valence-electron chi connectivity index (χ3n) is 3.49. The van der Waals surface area contributed by atoms with E-state index in [0.29, 0.717) is 19.7 Å². The maximum atomic E-state index is 11.8. The molecule has 3 rings (SSSR count). The number of hydrogen-bond donors (Lipinski definition) is 1. The van der Waals surface area contributed by atoms with Gasteiger partial charge in [0.25, 0.3) is 5.56 Å². The lowest BCUT2D eigenvalue weighted by Gasteiger charge is -2.11. The Morgan fingerprint density at radius 3 is 3.09 bits per heavy atom. The molecule has 3 heterocycles. The summed E-state index contributed by atoms with van der Waals surface area (Å²) in [4.78, 5) is 24.7. The fraction of sp³-hybridized carbons (Fsp3) is 0.400. The molecule has 2 aromatic heterocycles. The molecular weight excluding hydrogens is 302 g/mol. The number of thiophene rings is 1. The average molecular weight is 319 g/mol. The molecule has 1 aliphatic heterocycles. The maximum absolute atomic E-state index is 11.8. The summed E-state index contributed by atoms with van der Waals surface area (Å²) >= 11 is 1.57. The van der Waals surface area contributed by atoms with Crippen LogP contribution in [0, 0.1) is 0 Å². The summed E-state index contributed by atoms with van der Waals surface area (Å²) in [6, 6.07) is 7.12. The summed E-state index contributed by atoms with van der Waals surface area (Å²) < 4.78 is 6.69. The van der Waals surface area contributed by atoms with E-state index in [0.717, 1.165) is 23.4 Å². The normalized spacial score (nSPS) is 17.5. The van der Waals surface area contributed by atoms with Crippen molar-refractivity contribution in [3.05, 3.63) is 40.0 Å². The van der Waals surface area contributed by atoms with Gasteiger partial charge >= 0.3 is 0 Å². The predicted octanol–water partition coefficient (Wildman–Crippen LogP) is 1.27. The van der Waals surface area contributed by atoms with E-state index < -0.39 is 0 Å². The summed E-state index contributed by atoms with van der Waals surface area (Å²) in [5.74, 6) is -0.111. The fourth-order valence-corrected chi connectivity index (χ4v) is 3.04. The van der Waals surface area contributed by atoms with Gasteiger partial charge in [0.05, 0.1) is 11.4 Å². The molecule has 0 aliphatic carbocycles. The van der Waals surface area contributed by atoms with Crippen molar-refractivity contribution in [2.24, 2.45) is 0 Å². The van der Waals surface area contributed by atoms with Crippen molar-refractivity contribution < 1.29 is 9.53 Å². The molecule has 1 saturated heterocycles. The van der Waals surface area contributed by atoms with E-state index in [-0.39, 0.29) is 17.6 Å². The van der Waals surface area contributed by atoms with Crippen molar-refractivity contribution in [3.8, 4) is 10.6 Å². The highest BCUT2D eigenvalue weighted by atomic mass is 32.1. The number of aromatic nitrogens is 2. The number of carbonyl (C=O) groups is 1. The standard InChI is InChI=1S/C15H17N3O3S/c19-14-6-5-11(13-4-2-10-22-13)17-18(14)8-7-16-15(20)12-3-1-9-21-12/h2,4-6,10,12H,1,3,7-9H2,(H,16,20). The molecule has 1 aliphatic rings. The Morgan fingerprint density at radius 2 is 2.36 bits per heavy atom. The minimum atomic E-state index is -0.345. The Labute approximate surface area is 131 Å². The highest BCUT2D eigenvalue weighted by molar-refractivity contribution is 7.13. The molecule has 0 aromatic carbocycles. The van der Waals surface area contributed by atoms with Crippen molar-refractivity contribution in [2.45, 2.75) is 25.5 Å². The van der Waals surface area contributed by atoms with Crippen LogP contribution in [0.25, 0.3) is 10.6 Å². The van der Waals surface area contributed by atoms with E-state index in [9.17, 15) is 9.59 Å². The zero-order valence-corrected chi connectivity index (χ0v) is 12.8. The molecule has 0 spiro atoms. The molecule has 1 atom stereocenters. The van der Waals surface area contributed by atoms with E-state index in [1.807, 2.05) is 17.5 Å². The summed E-state index contributed by atoms with van der Waals surface area (Å²) in [6.45, 7) is 1.35. The molecule has 7 heteroatoms. The monoisotopic (exact) mass is 319 g/mol. The molecular formula is C15H17N3O3S. The van der Waals surface area contributed by atoms with Crippen LogP contribution in [0.15, 0.2) is 34.4 Å². The molecule has 0 bridgehead atoms. The molecule has 0 radical (unpaired) electrons. The number of nitrogens with zero attached hydrogens (tertiary/aromatic N) is 2.